The molecule has 186 valence electrons. The summed E-state index contributed by atoms with van der Waals surface area (Å²) in [6.45, 7) is 0.645. The third-order valence-corrected chi connectivity index (χ3v) is 8.43. The number of ether oxygens (including phenoxy) is 1. The number of nitrogens with two attached hydrogens (primary N) is 1. The van der Waals surface area contributed by atoms with Crippen LogP contribution < -0.4 is 10.6 Å². The molecule has 0 saturated carbocycles. The normalized spacial score (nSPS) is 23.8. The molecule has 2 aliphatic heterocycles. The first-order valence-corrected chi connectivity index (χ1v) is 13.1. The van der Waals surface area contributed by atoms with Gasteiger partial charge in [0.05, 0.1) is 28.5 Å². The zero-order valence-corrected chi connectivity index (χ0v) is 20.2. The van der Waals surface area contributed by atoms with Crippen molar-refractivity contribution in [1.29, 1.82) is 0 Å². The molecule has 1 saturated heterocycles. The predicted molar refractivity (Wildman–Crippen MR) is 126 cm³/mol. The average Bonchev–Trinajstić information content (AvgIpc) is 3.48. The zero-order valence-electron chi connectivity index (χ0n) is 18.7. The van der Waals surface area contributed by atoms with Crippen molar-refractivity contribution in [3.63, 3.8) is 0 Å². The van der Waals surface area contributed by atoms with Crippen molar-refractivity contribution in [2.45, 2.75) is 35.9 Å². The number of fused-ring (bicyclic) bond motifs is 1. The zero-order chi connectivity index (χ0) is 24.8. The maximum atomic E-state index is 15.3. The van der Waals surface area contributed by atoms with E-state index in [2.05, 4.69) is 10.1 Å². The fourth-order valence-electron chi connectivity index (χ4n) is 4.55. The van der Waals surface area contributed by atoms with Crippen molar-refractivity contribution >= 4 is 27.1 Å². The highest BCUT2D eigenvalue weighted by Crippen LogP contribution is 2.38. The number of nitrogens with zero attached hydrogens (tertiary/aromatic N) is 3. The Kier molecular flexibility index (Phi) is 6.30. The van der Waals surface area contributed by atoms with Gasteiger partial charge in [0.2, 0.25) is 5.82 Å². The number of aromatic nitrogens is 2. The Balaban J connectivity index is 1.59. The summed E-state index contributed by atoms with van der Waals surface area (Å²) >= 11 is 6.00. The van der Waals surface area contributed by atoms with Crippen molar-refractivity contribution in [2.24, 2.45) is 5.73 Å². The second-order valence-electron chi connectivity index (χ2n) is 8.88. The van der Waals surface area contributed by atoms with Gasteiger partial charge in [-0.05, 0) is 42.7 Å². The molecule has 0 bridgehead atoms. The molecular formula is C23H24ClFN4O5S. The molecular weight excluding hydrogens is 499 g/mol. The average molecular weight is 523 g/mol. The molecule has 0 amide bonds. The summed E-state index contributed by atoms with van der Waals surface area (Å²) in [5, 5.41) is 14.3. The fourth-order valence-corrected chi connectivity index (χ4v) is 6.32. The summed E-state index contributed by atoms with van der Waals surface area (Å²) in [6.07, 6.45) is 1.20. The molecule has 5 rings (SSSR count). The van der Waals surface area contributed by atoms with Gasteiger partial charge < -0.3 is 25.0 Å². The number of aliphatic hydroxyl groups excluding tert-OH is 1. The van der Waals surface area contributed by atoms with Crippen LogP contribution in [0.2, 0.25) is 5.02 Å². The fraction of sp³-hybridized carbons (Fsp3) is 0.391. The number of hydrogen-bond acceptors (Lipinski definition) is 9. The Labute approximate surface area is 206 Å². The SMILES string of the molecule is N[C@@H]1CN(Cc2ccc(Cl)cc2)c2cc(-c3noc(C4(CO)CCCO4)n3)c(F)cc2S(=O)(=O)C1. The Morgan fingerprint density at radius 3 is 2.74 bits per heavy atom. The van der Waals surface area contributed by atoms with Gasteiger partial charge in [0.1, 0.15) is 5.82 Å². The van der Waals surface area contributed by atoms with Gasteiger partial charge >= 0.3 is 0 Å². The van der Waals surface area contributed by atoms with E-state index in [0.29, 0.717) is 36.7 Å². The molecule has 3 aromatic rings. The van der Waals surface area contributed by atoms with Gasteiger partial charge in [0.15, 0.2) is 15.4 Å². The molecule has 1 unspecified atom stereocenters. The second kappa shape index (κ2) is 9.14. The highest BCUT2D eigenvalue weighted by atomic mass is 35.5. The third-order valence-electron chi connectivity index (χ3n) is 6.31. The lowest BCUT2D eigenvalue weighted by Crippen LogP contribution is -2.39. The van der Waals surface area contributed by atoms with Crippen LogP contribution in [0.5, 0.6) is 0 Å². The number of sulfone groups is 1. The Morgan fingerprint density at radius 2 is 2.06 bits per heavy atom. The largest absolute Gasteiger partial charge is 0.393 e. The molecule has 0 spiro atoms. The molecule has 12 heteroatoms. The van der Waals surface area contributed by atoms with E-state index in [1.165, 1.54) is 6.07 Å². The molecule has 0 radical (unpaired) electrons. The molecule has 1 aromatic heterocycles. The quantitative estimate of drug-likeness (QED) is 0.519. The van der Waals surface area contributed by atoms with Crippen LogP contribution >= 0.6 is 11.6 Å². The van der Waals surface area contributed by atoms with E-state index in [1.807, 2.05) is 12.1 Å². The van der Waals surface area contributed by atoms with Gasteiger partial charge in [-0.2, -0.15) is 4.98 Å². The number of hydrogen-bond donors (Lipinski definition) is 2. The number of halogens is 2. The lowest BCUT2D eigenvalue weighted by molar-refractivity contribution is -0.0639. The summed E-state index contributed by atoms with van der Waals surface area (Å²) < 4.78 is 52.3. The first-order chi connectivity index (χ1) is 16.7. The van der Waals surface area contributed by atoms with Crippen molar-refractivity contribution in [2.75, 3.05) is 30.4 Å². The van der Waals surface area contributed by atoms with Crippen LogP contribution in [0, 0.1) is 5.82 Å². The standard InChI is InChI=1S/C23H24ClFN4O5S/c24-15-4-2-14(3-5-15)10-29-11-16(26)12-35(31,32)20-9-18(25)17(8-19(20)29)21-27-22(34-28-21)23(13-30)6-1-7-33-23/h2-5,8-9,16,30H,1,6-7,10-13,26H2/t16-,23?/m1/s1. The van der Waals surface area contributed by atoms with Crippen molar-refractivity contribution in [3.8, 4) is 11.4 Å². The lowest BCUT2D eigenvalue weighted by atomic mass is 10.0. The van der Waals surface area contributed by atoms with Crippen LogP contribution in [-0.2, 0) is 26.7 Å². The first-order valence-electron chi connectivity index (χ1n) is 11.1. The topological polar surface area (TPSA) is 132 Å². The second-order valence-corrected chi connectivity index (χ2v) is 11.3. The summed E-state index contributed by atoms with van der Waals surface area (Å²) in [5.74, 6) is -1.14. The summed E-state index contributed by atoms with van der Waals surface area (Å²) in [7, 11) is -3.85. The van der Waals surface area contributed by atoms with Crippen LogP contribution in [0.1, 0.15) is 24.3 Å². The van der Waals surface area contributed by atoms with Crippen molar-refractivity contribution in [1.82, 2.24) is 10.1 Å². The van der Waals surface area contributed by atoms with Crippen LogP contribution in [0.15, 0.2) is 45.8 Å². The van der Waals surface area contributed by atoms with Gasteiger partial charge in [-0.25, -0.2) is 12.8 Å². The van der Waals surface area contributed by atoms with Gasteiger partial charge in [-0.3, -0.25) is 0 Å². The number of rotatable bonds is 5. The van der Waals surface area contributed by atoms with E-state index in [0.717, 1.165) is 11.6 Å². The van der Waals surface area contributed by atoms with E-state index < -0.39 is 27.3 Å². The summed E-state index contributed by atoms with van der Waals surface area (Å²) in [6, 6.07) is 8.86. The molecule has 35 heavy (non-hydrogen) atoms. The van der Waals surface area contributed by atoms with Crippen LogP contribution in [0.25, 0.3) is 11.4 Å². The number of aliphatic hydroxyl groups is 1. The molecule has 2 atom stereocenters. The van der Waals surface area contributed by atoms with E-state index in [-0.39, 0.29) is 41.1 Å². The Bertz CT molecular complexity index is 1340. The van der Waals surface area contributed by atoms with E-state index in [9.17, 15) is 13.5 Å². The van der Waals surface area contributed by atoms with Crippen LogP contribution in [-0.4, -0.2) is 55.2 Å². The predicted octanol–water partition coefficient (Wildman–Crippen LogP) is 2.65. The highest BCUT2D eigenvalue weighted by Gasteiger charge is 2.42. The van der Waals surface area contributed by atoms with Crippen molar-refractivity contribution in [3.05, 3.63) is 58.7 Å². The van der Waals surface area contributed by atoms with Crippen LogP contribution in [0.3, 0.4) is 0 Å². The first kappa shape index (κ1) is 24.1. The monoisotopic (exact) mass is 522 g/mol. The maximum absolute atomic E-state index is 15.3. The van der Waals surface area contributed by atoms with Gasteiger partial charge in [0, 0.05) is 30.8 Å². The minimum absolute atomic E-state index is 0.0309. The summed E-state index contributed by atoms with van der Waals surface area (Å²) in [4.78, 5) is 5.95. The molecule has 2 aromatic carbocycles. The number of benzene rings is 2. The lowest BCUT2D eigenvalue weighted by Gasteiger charge is -2.26. The van der Waals surface area contributed by atoms with E-state index in [4.69, 9.17) is 26.6 Å². The van der Waals surface area contributed by atoms with E-state index >= 15 is 4.39 Å². The van der Waals surface area contributed by atoms with Gasteiger partial charge in [-0.1, -0.05) is 28.9 Å². The molecule has 0 aliphatic carbocycles. The Morgan fingerprint density at radius 1 is 1.29 bits per heavy atom. The van der Waals surface area contributed by atoms with Crippen molar-refractivity contribution < 1.29 is 27.2 Å². The smallest absolute Gasteiger partial charge is 0.261 e. The maximum Gasteiger partial charge on any atom is 0.261 e. The molecule has 1 fully saturated rings. The Hall–Kier alpha value is -2.57. The number of anilines is 1. The minimum Gasteiger partial charge on any atom is -0.393 e. The molecule has 3 N–H and O–H groups in total. The summed E-state index contributed by atoms with van der Waals surface area (Å²) in [5.41, 5.74) is 6.16. The molecule has 3 heterocycles. The van der Waals surface area contributed by atoms with Gasteiger partial charge in [-0.15, -0.1) is 0 Å². The third kappa shape index (κ3) is 4.54. The van der Waals surface area contributed by atoms with Gasteiger partial charge in [0.25, 0.3) is 5.89 Å². The minimum atomic E-state index is -3.85. The highest BCUT2D eigenvalue weighted by molar-refractivity contribution is 7.91. The molecule has 9 nitrogen and oxygen atoms in total. The molecule has 2 aliphatic rings. The van der Waals surface area contributed by atoms with E-state index in [1.54, 1.807) is 17.0 Å². The van der Waals surface area contributed by atoms with Crippen LogP contribution in [0.4, 0.5) is 10.1 Å².